The molecule has 1 heterocycles. The van der Waals surface area contributed by atoms with Crippen LogP contribution in [0.1, 0.15) is 30.9 Å². The summed E-state index contributed by atoms with van der Waals surface area (Å²) in [4.78, 5) is 0. The van der Waals surface area contributed by atoms with Crippen molar-refractivity contribution in [3.8, 4) is 5.75 Å². The molecule has 0 bridgehead atoms. The Balaban J connectivity index is 1.91. The third-order valence-corrected chi connectivity index (χ3v) is 5.82. The van der Waals surface area contributed by atoms with Gasteiger partial charge in [-0.15, -0.1) is 0 Å². The summed E-state index contributed by atoms with van der Waals surface area (Å²) in [6.07, 6.45) is 5.92. The fraction of sp³-hybridized carbons (Fsp3) is 0.538. The Labute approximate surface area is 114 Å². The number of thioether (sulfide) groups is 1. The van der Waals surface area contributed by atoms with Gasteiger partial charge in [0.15, 0.2) is 0 Å². The first kappa shape index (κ1) is 11.9. The maximum absolute atomic E-state index is 6.27. The highest BCUT2D eigenvalue weighted by Crippen LogP contribution is 2.54. The Bertz CT molecular complexity index is 447. The highest BCUT2D eigenvalue weighted by Gasteiger charge is 2.52. The monoisotopic (exact) mass is 313 g/mol. The molecule has 1 fully saturated rings. The zero-order chi connectivity index (χ0) is 12.0. The van der Waals surface area contributed by atoms with Gasteiger partial charge in [-0.2, -0.15) is 11.8 Å². The molecule has 0 aromatic heterocycles. The molecule has 3 rings (SSSR count). The molecule has 1 aromatic rings. The van der Waals surface area contributed by atoms with E-state index in [0.717, 1.165) is 22.2 Å². The molecule has 1 saturated carbocycles. The molecule has 1 aliphatic carbocycles. The SMILES string of the molecule is CSC1(C2C[C@@H](N)c3cc(Br)ccc3O2)CC1. The van der Waals surface area contributed by atoms with Crippen LogP contribution in [0, 0.1) is 0 Å². The number of ether oxygens (including phenoxy) is 1. The number of benzene rings is 1. The van der Waals surface area contributed by atoms with Crippen LogP contribution >= 0.6 is 27.7 Å². The van der Waals surface area contributed by atoms with Crippen molar-refractivity contribution >= 4 is 27.7 Å². The van der Waals surface area contributed by atoms with E-state index in [1.807, 2.05) is 23.9 Å². The summed E-state index contributed by atoms with van der Waals surface area (Å²) in [6, 6.07) is 6.23. The molecule has 2 atom stereocenters. The summed E-state index contributed by atoms with van der Waals surface area (Å²) in [5, 5.41) is 0. The van der Waals surface area contributed by atoms with Gasteiger partial charge in [-0.3, -0.25) is 0 Å². The Hall–Kier alpha value is -0.190. The Morgan fingerprint density at radius 1 is 1.47 bits per heavy atom. The van der Waals surface area contributed by atoms with E-state index in [-0.39, 0.29) is 12.1 Å². The van der Waals surface area contributed by atoms with E-state index in [1.165, 1.54) is 12.8 Å². The van der Waals surface area contributed by atoms with Crippen LogP contribution in [0.15, 0.2) is 22.7 Å². The zero-order valence-corrected chi connectivity index (χ0v) is 12.2. The number of hydrogen-bond donors (Lipinski definition) is 1. The zero-order valence-electron chi connectivity index (χ0n) is 9.78. The van der Waals surface area contributed by atoms with E-state index >= 15 is 0 Å². The number of halogens is 1. The molecule has 1 aliphatic heterocycles. The average molecular weight is 314 g/mol. The summed E-state index contributed by atoms with van der Waals surface area (Å²) in [5.74, 6) is 0.970. The number of fused-ring (bicyclic) bond motifs is 1. The molecule has 92 valence electrons. The van der Waals surface area contributed by atoms with Gasteiger partial charge < -0.3 is 10.5 Å². The van der Waals surface area contributed by atoms with Crippen molar-refractivity contribution in [1.82, 2.24) is 0 Å². The van der Waals surface area contributed by atoms with Crippen LogP contribution in [0.2, 0.25) is 0 Å². The molecule has 0 radical (unpaired) electrons. The van der Waals surface area contributed by atoms with Gasteiger partial charge in [-0.25, -0.2) is 0 Å². The molecule has 1 aromatic carbocycles. The van der Waals surface area contributed by atoms with E-state index in [4.69, 9.17) is 10.5 Å². The van der Waals surface area contributed by atoms with Crippen LogP contribution in [0.4, 0.5) is 0 Å². The van der Waals surface area contributed by atoms with Gasteiger partial charge in [0, 0.05) is 22.5 Å². The van der Waals surface area contributed by atoms with Gasteiger partial charge in [0.25, 0.3) is 0 Å². The third kappa shape index (κ3) is 2.00. The van der Waals surface area contributed by atoms with Gasteiger partial charge in [0.2, 0.25) is 0 Å². The van der Waals surface area contributed by atoms with Crippen LogP contribution in [0.25, 0.3) is 0 Å². The van der Waals surface area contributed by atoms with Crippen molar-refractivity contribution in [2.75, 3.05) is 6.26 Å². The molecular formula is C13H16BrNOS. The second kappa shape index (κ2) is 4.18. The highest BCUT2D eigenvalue weighted by atomic mass is 79.9. The lowest BCUT2D eigenvalue weighted by Crippen LogP contribution is -2.38. The van der Waals surface area contributed by atoms with E-state index in [9.17, 15) is 0 Å². The number of hydrogen-bond acceptors (Lipinski definition) is 3. The first-order valence-electron chi connectivity index (χ1n) is 5.91. The minimum absolute atomic E-state index is 0.103. The van der Waals surface area contributed by atoms with Gasteiger partial charge in [0.1, 0.15) is 11.9 Å². The fourth-order valence-electron chi connectivity index (χ4n) is 2.58. The predicted molar refractivity (Wildman–Crippen MR) is 75.6 cm³/mol. The van der Waals surface area contributed by atoms with Crippen molar-refractivity contribution in [3.63, 3.8) is 0 Å². The van der Waals surface area contributed by atoms with Crippen molar-refractivity contribution in [1.29, 1.82) is 0 Å². The van der Waals surface area contributed by atoms with Crippen molar-refractivity contribution in [2.24, 2.45) is 5.73 Å². The second-order valence-electron chi connectivity index (χ2n) is 4.90. The lowest BCUT2D eigenvalue weighted by Gasteiger charge is -2.34. The van der Waals surface area contributed by atoms with Gasteiger partial charge in [0.05, 0.1) is 4.75 Å². The quantitative estimate of drug-likeness (QED) is 0.907. The Morgan fingerprint density at radius 3 is 2.88 bits per heavy atom. The molecule has 2 N–H and O–H groups in total. The topological polar surface area (TPSA) is 35.2 Å². The average Bonchev–Trinajstić information content (AvgIpc) is 3.11. The van der Waals surface area contributed by atoms with E-state index in [2.05, 4.69) is 28.3 Å². The summed E-state index contributed by atoms with van der Waals surface area (Å²) in [5.41, 5.74) is 7.41. The molecule has 4 heteroatoms. The minimum atomic E-state index is 0.103. The van der Waals surface area contributed by atoms with E-state index in [1.54, 1.807) is 0 Å². The highest BCUT2D eigenvalue weighted by molar-refractivity contribution is 9.10. The fourth-order valence-corrected chi connectivity index (χ4v) is 3.87. The van der Waals surface area contributed by atoms with Crippen molar-refractivity contribution < 1.29 is 4.74 Å². The van der Waals surface area contributed by atoms with Crippen LogP contribution in [-0.4, -0.2) is 17.1 Å². The first-order chi connectivity index (χ1) is 8.14. The van der Waals surface area contributed by atoms with Gasteiger partial charge >= 0.3 is 0 Å². The van der Waals surface area contributed by atoms with Crippen LogP contribution < -0.4 is 10.5 Å². The minimum Gasteiger partial charge on any atom is -0.489 e. The van der Waals surface area contributed by atoms with Crippen molar-refractivity contribution in [3.05, 3.63) is 28.2 Å². The van der Waals surface area contributed by atoms with Crippen LogP contribution in [0.5, 0.6) is 5.75 Å². The molecular weight excluding hydrogens is 298 g/mol. The number of nitrogens with two attached hydrogens (primary N) is 1. The largest absolute Gasteiger partial charge is 0.489 e. The molecule has 1 unspecified atom stereocenters. The standard InChI is InChI=1S/C13H16BrNOS/c1-17-13(4-5-13)12-7-10(15)9-6-8(14)2-3-11(9)16-12/h2-3,6,10,12H,4-5,7,15H2,1H3/t10-,12?/m1/s1. The summed E-state index contributed by atoms with van der Waals surface area (Å²) in [7, 11) is 0. The maximum atomic E-state index is 6.27. The molecule has 17 heavy (non-hydrogen) atoms. The molecule has 0 amide bonds. The Morgan fingerprint density at radius 2 is 2.24 bits per heavy atom. The predicted octanol–water partition coefficient (Wildman–Crippen LogP) is 3.50. The Kier molecular flexibility index (Phi) is 2.92. The van der Waals surface area contributed by atoms with E-state index in [0.29, 0.717) is 4.75 Å². The first-order valence-corrected chi connectivity index (χ1v) is 7.93. The summed E-state index contributed by atoms with van der Waals surface area (Å²) < 4.78 is 7.56. The van der Waals surface area contributed by atoms with Gasteiger partial charge in [-0.05, 0) is 37.3 Å². The maximum Gasteiger partial charge on any atom is 0.124 e. The molecule has 0 spiro atoms. The lowest BCUT2D eigenvalue weighted by atomic mass is 9.95. The molecule has 0 saturated heterocycles. The van der Waals surface area contributed by atoms with Crippen LogP contribution in [0.3, 0.4) is 0 Å². The smallest absolute Gasteiger partial charge is 0.124 e. The normalized spacial score (nSPS) is 29.4. The lowest BCUT2D eigenvalue weighted by molar-refractivity contribution is 0.149. The summed E-state index contributed by atoms with van der Waals surface area (Å²) >= 11 is 5.42. The third-order valence-electron chi connectivity index (χ3n) is 3.84. The number of rotatable bonds is 2. The van der Waals surface area contributed by atoms with E-state index < -0.39 is 0 Å². The van der Waals surface area contributed by atoms with Gasteiger partial charge in [-0.1, -0.05) is 15.9 Å². The molecule has 2 nitrogen and oxygen atoms in total. The second-order valence-corrected chi connectivity index (χ2v) is 7.04. The molecule has 2 aliphatic rings. The van der Waals surface area contributed by atoms with Crippen molar-refractivity contribution in [2.45, 2.75) is 36.2 Å². The summed E-state index contributed by atoms with van der Waals surface area (Å²) in [6.45, 7) is 0. The van der Waals surface area contributed by atoms with Crippen LogP contribution in [-0.2, 0) is 0 Å².